The van der Waals surface area contributed by atoms with E-state index in [2.05, 4.69) is 9.68 Å². The fourth-order valence-electron chi connectivity index (χ4n) is 2.18. The van der Waals surface area contributed by atoms with Crippen molar-refractivity contribution in [2.45, 2.75) is 64.1 Å². The predicted octanol–water partition coefficient (Wildman–Crippen LogP) is 0.541. The van der Waals surface area contributed by atoms with Crippen LogP contribution in [0.15, 0.2) is 0 Å². The Kier molecular flexibility index (Phi) is 5.02. The van der Waals surface area contributed by atoms with Gasteiger partial charge in [0, 0.05) is 43.9 Å². The molecule has 0 atom stereocenters. The lowest BCUT2D eigenvalue weighted by Crippen LogP contribution is -2.32. The van der Waals surface area contributed by atoms with E-state index in [0.29, 0.717) is 0 Å². The van der Waals surface area contributed by atoms with E-state index in [1.165, 1.54) is 0 Å². The van der Waals surface area contributed by atoms with E-state index in [0.717, 1.165) is 0 Å². The van der Waals surface area contributed by atoms with Crippen molar-refractivity contribution in [1.29, 1.82) is 0 Å². The lowest BCUT2D eigenvalue weighted by atomic mass is 10.1. The summed E-state index contributed by atoms with van der Waals surface area (Å²) in [7, 11) is 0. The highest BCUT2D eigenvalue weighted by atomic mass is 16.7. The second-order valence-electron chi connectivity index (χ2n) is 5.48. The van der Waals surface area contributed by atoms with Crippen molar-refractivity contribution in [1.82, 2.24) is 10.1 Å². The number of unbranched alkanes of at least 4 members (excludes halogenated alkanes) is 1. The number of imide groups is 2. The molecule has 10 heteroatoms. The molecule has 2 aliphatic heterocycles. The molecule has 142 valence electrons. The Morgan fingerprint density at radius 2 is 1.00 bits per heavy atom. The normalized spacial score (nSPS) is 20.6. The van der Waals surface area contributed by atoms with Crippen LogP contribution in [0.2, 0.25) is 0 Å². The van der Waals surface area contributed by atoms with Crippen molar-refractivity contribution < 1.29 is 43.9 Å². The minimum atomic E-state index is -2.55. The zero-order valence-electron chi connectivity index (χ0n) is 17.8. The molecule has 0 radical (unpaired) electrons. The molecular weight excluding hydrogens is 348 g/mol. The molecule has 0 spiro atoms. The third-order valence-corrected chi connectivity index (χ3v) is 3.50. The van der Waals surface area contributed by atoms with Crippen molar-refractivity contribution in [2.75, 3.05) is 0 Å². The summed E-state index contributed by atoms with van der Waals surface area (Å²) in [5.41, 5.74) is 0. The van der Waals surface area contributed by atoms with Crippen molar-refractivity contribution in [3.63, 3.8) is 0 Å². The van der Waals surface area contributed by atoms with Crippen LogP contribution in [0.5, 0.6) is 0 Å². The maximum absolute atomic E-state index is 11.9. The Morgan fingerprint density at radius 3 is 1.31 bits per heavy atom. The van der Waals surface area contributed by atoms with E-state index >= 15 is 0 Å². The Morgan fingerprint density at radius 1 is 0.692 bits per heavy atom. The second kappa shape index (κ2) is 9.07. The Hall–Kier alpha value is -2.78. The van der Waals surface area contributed by atoms with Gasteiger partial charge in [-0.2, -0.15) is 0 Å². The number of carbonyl (C=O) groups is 6. The van der Waals surface area contributed by atoms with Gasteiger partial charge >= 0.3 is 11.9 Å². The fourth-order valence-corrected chi connectivity index (χ4v) is 2.18. The molecule has 2 rings (SSSR count). The third-order valence-electron chi connectivity index (χ3n) is 3.50. The van der Waals surface area contributed by atoms with Crippen molar-refractivity contribution >= 4 is 35.6 Å². The van der Waals surface area contributed by atoms with Crippen LogP contribution < -0.4 is 0 Å². The van der Waals surface area contributed by atoms with Gasteiger partial charge in [0.25, 0.3) is 23.6 Å². The van der Waals surface area contributed by atoms with E-state index in [-0.39, 0.29) is 48.7 Å². The van der Waals surface area contributed by atoms with Crippen LogP contribution >= 0.6 is 0 Å². The van der Waals surface area contributed by atoms with Gasteiger partial charge in [0.2, 0.25) is 0 Å². The minimum absolute atomic E-state index is 0.0433. The van der Waals surface area contributed by atoms with Crippen LogP contribution in [0.3, 0.4) is 0 Å². The standard InChI is InChI=1S/C16H20N2O8/c19-11-7-8-12(20)17(11)25-15(23)5-3-1-2-4-6-16(24)26-18-13(21)9-10-14(18)22/h1-10H2/i5D2,6D2. The summed E-state index contributed by atoms with van der Waals surface area (Å²) >= 11 is 0. The number of rotatable bonds is 9. The van der Waals surface area contributed by atoms with Gasteiger partial charge in [0.05, 0.1) is 0 Å². The van der Waals surface area contributed by atoms with Gasteiger partial charge < -0.3 is 9.68 Å². The first-order valence-electron chi connectivity index (χ1n) is 10.0. The number of hydroxylamine groups is 4. The molecule has 0 aromatic heterocycles. The Bertz CT molecular complexity index is 689. The SMILES string of the molecule is [2H]C([2H])(CCCCC([2H])([2H])C(=O)ON1C(=O)CCC1=O)C(=O)ON1C(=O)CCC1=O. The molecule has 2 fully saturated rings. The number of hydrogen-bond acceptors (Lipinski definition) is 8. The number of nitrogens with zero attached hydrogens (tertiary/aromatic N) is 2. The van der Waals surface area contributed by atoms with Gasteiger partial charge in [-0.1, -0.05) is 12.8 Å². The summed E-state index contributed by atoms with van der Waals surface area (Å²) in [4.78, 5) is 78.6. The first-order chi connectivity index (χ1) is 13.8. The van der Waals surface area contributed by atoms with E-state index < -0.39 is 61.2 Å². The lowest BCUT2D eigenvalue weighted by Gasteiger charge is -2.12. The smallest absolute Gasteiger partial charge is 0.330 e. The quantitative estimate of drug-likeness (QED) is 0.424. The monoisotopic (exact) mass is 372 g/mol. The number of hydrogen-bond donors (Lipinski definition) is 0. The van der Waals surface area contributed by atoms with E-state index in [4.69, 9.17) is 5.48 Å². The molecular formula is C16H20N2O8. The molecule has 2 saturated heterocycles. The van der Waals surface area contributed by atoms with E-state index in [9.17, 15) is 28.8 Å². The highest BCUT2D eigenvalue weighted by Crippen LogP contribution is 2.15. The van der Waals surface area contributed by atoms with Gasteiger partial charge in [0.1, 0.15) is 0 Å². The first-order valence-corrected chi connectivity index (χ1v) is 8.01. The average molecular weight is 372 g/mol. The topological polar surface area (TPSA) is 127 Å². The molecule has 0 aliphatic carbocycles. The van der Waals surface area contributed by atoms with Crippen LogP contribution in [0.1, 0.15) is 69.6 Å². The summed E-state index contributed by atoms with van der Waals surface area (Å²) < 4.78 is 30.9. The zero-order valence-corrected chi connectivity index (χ0v) is 13.8. The second-order valence-corrected chi connectivity index (χ2v) is 5.48. The summed E-state index contributed by atoms with van der Waals surface area (Å²) in [5, 5.41) is 0.464. The van der Waals surface area contributed by atoms with Crippen LogP contribution in [-0.4, -0.2) is 45.7 Å². The maximum Gasteiger partial charge on any atom is 0.333 e. The summed E-state index contributed by atoms with van der Waals surface area (Å²) in [6, 6.07) is 0. The highest BCUT2D eigenvalue weighted by Gasteiger charge is 2.33. The van der Waals surface area contributed by atoms with Crippen LogP contribution in [0.4, 0.5) is 0 Å². The molecule has 2 aliphatic rings. The molecule has 2 heterocycles. The van der Waals surface area contributed by atoms with Gasteiger partial charge in [-0.05, 0) is 12.8 Å². The Balaban J connectivity index is 1.79. The van der Waals surface area contributed by atoms with Crippen molar-refractivity contribution in [3.05, 3.63) is 0 Å². The van der Waals surface area contributed by atoms with Gasteiger partial charge in [-0.25, -0.2) is 9.59 Å². The maximum atomic E-state index is 11.9. The zero-order chi connectivity index (χ0) is 22.7. The van der Waals surface area contributed by atoms with Crippen molar-refractivity contribution in [2.24, 2.45) is 0 Å². The van der Waals surface area contributed by atoms with Gasteiger partial charge in [-0.15, -0.1) is 10.1 Å². The summed E-state index contributed by atoms with van der Waals surface area (Å²) in [5.74, 6) is -5.84. The lowest BCUT2D eigenvalue weighted by molar-refractivity contribution is -0.197. The minimum Gasteiger partial charge on any atom is -0.330 e. The molecule has 10 nitrogen and oxygen atoms in total. The van der Waals surface area contributed by atoms with Crippen molar-refractivity contribution in [3.8, 4) is 0 Å². The molecule has 0 bridgehead atoms. The third kappa shape index (κ3) is 5.36. The summed E-state index contributed by atoms with van der Waals surface area (Å²) in [6.45, 7) is 0. The molecule has 0 N–H and O–H groups in total. The molecule has 26 heavy (non-hydrogen) atoms. The molecule has 4 amide bonds. The first kappa shape index (κ1) is 14.4. The van der Waals surface area contributed by atoms with Crippen LogP contribution in [-0.2, 0) is 38.4 Å². The fraction of sp³-hybridized carbons (Fsp3) is 0.625. The van der Waals surface area contributed by atoms with Crippen LogP contribution in [0.25, 0.3) is 0 Å². The molecule has 0 aromatic rings. The molecule has 0 unspecified atom stereocenters. The number of amides is 4. The largest absolute Gasteiger partial charge is 0.333 e. The Labute approximate surface area is 154 Å². The highest BCUT2D eigenvalue weighted by molar-refractivity contribution is 6.02. The molecule has 0 saturated carbocycles. The molecule has 0 aromatic carbocycles. The predicted molar refractivity (Wildman–Crippen MR) is 82.1 cm³/mol. The van der Waals surface area contributed by atoms with Crippen LogP contribution in [0, 0.1) is 0 Å². The summed E-state index contributed by atoms with van der Waals surface area (Å²) in [6.07, 6.45) is -6.55. The van der Waals surface area contributed by atoms with Gasteiger partial charge in [-0.3, -0.25) is 19.2 Å². The number of carbonyl (C=O) groups excluding carboxylic acids is 6. The van der Waals surface area contributed by atoms with E-state index in [1.807, 2.05) is 0 Å². The van der Waals surface area contributed by atoms with E-state index in [1.54, 1.807) is 0 Å². The average Bonchev–Trinajstić information content (AvgIpc) is 3.15. The van der Waals surface area contributed by atoms with Gasteiger partial charge in [0.15, 0.2) is 0 Å².